The molecule has 3 heterocycles. The highest BCUT2D eigenvalue weighted by atomic mass is 127. The van der Waals surface area contributed by atoms with E-state index >= 15 is 0 Å². The summed E-state index contributed by atoms with van der Waals surface area (Å²) in [5, 5.41) is 8.03. The monoisotopic (exact) mass is 580 g/mol. The minimum absolute atomic E-state index is 0.0172. The maximum Gasteiger partial charge on any atom is 0.415 e. The number of rotatable bonds is 5. The number of thiol groups is 1. The smallest absolute Gasteiger partial charge is 0.362 e. The zero-order chi connectivity index (χ0) is 24.5. The van der Waals surface area contributed by atoms with E-state index in [1.165, 1.54) is 0 Å². The minimum atomic E-state index is -4.44. The molecule has 1 unspecified atom stereocenters. The fourth-order valence-corrected chi connectivity index (χ4v) is 3.37. The Labute approximate surface area is 206 Å². The maximum atomic E-state index is 13.0. The quantitative estimate of drug-likeness (QED) is 0.214. The van der Waals surface area contributed by atoms with Gasteiger partial charge in [0, 0.05) is 18.3 Å². The first kappa shape index (κ1) is 28.5. The van der Waals surface area contributed by atoms with Crippen molar-refractivity contribution in [3.05, 3.63) is 59.6 Å². The van der Waals surface area contributed by atoms with Crippen LogP contribution >= 0.6 is 31.0 Å². The van der Waals surface area contributed by atoms with Crippen molar-refractivity contribution in [1.82, 2.24) is 14.8 Å². The highest BCUT2D eigenvalue weighted by Gasteiger charge is 2.31. The minimum Gasteiger partial charge on any atom is -0.362 e. The number of alkyl halides is 3. The topological polar surface area (TPSA) is 42.7 Å². The van der Waals surface area contributed by atoms with Crippen molar-refractivity contribution < 1.29 is 13.2 Å². The summed E-state index contributed by atoms with van der Waals surface area (Å²) in [5.41, 5.74) is 2.32. The molecule has 0 saturated heterocycles. The van der Waals surface area contributed by atoms with Gasteiger partial charge in [-0.15, -0.1) is 9.80 Å². The Hall–Kier alpha value is -1.49. The molecule has 1 aliphatic heterocycles. The summed E-state index contributed by atoms with van der Waals surface area (Å²) in [5.74, 6) is 0.673. The third kappa shape index (κ3) is 7.83. The maximum absolute atomic E-state index is 13.0. The van der Waals surface area contributed by atoms with Crippen LogP contribution in [0.2, 0.25) is 0 Å². The van der Waals surface area contributed by atoms with Gasteiger partial charge in [0.05, 0.1) is 17.4 Å². The van der Waals surface area contributed by atoms with Crippen LogP contribution in [-0.2, 0) is 6.54 Å². The van der Waals surface area contributed by atoms with E-state index in [0.29, 0.717) is 11.3 Å². The Morgan fingerprint density at radius 3 is 2.53 bits per heavy atom. The second-order valence-electron chi connectivity index (χ2n) is 7.51. The number of aryl methyl sites for hydroxylation is 2. The van der Waals surface area contributed by atoms with E-state index in [9.17, 15) is 13.2 Å². The average molecular weight is 581 g/mol. The molecule has 2 aromatic rings. The molecule has 0 aromatic carbocycles. The van der Waals surface area contributed by atoms with Gasteiger partial charge in [-0.05, 0) is 82.3 Å². The third-order valence-electron chi connectivity index (χ3n) is 4.88. The van der Waals surface area contributed by atoms with Crippen LogP contribution in [-0.4, -0.2) is 20.9 Å². The zero-order valence-electron chi connectivity index (χ0n) is 19.2. The lowest BCUT2D eigenvalue weighted by molar-refractivity contribution is -0.0877. The number of nitrogens with zero attached hydrogens (tertiary/aromatic N) is 3. The number of pyridine rings is 1. The van der Waals surface area contributed by atoms with E-state index in [0.717, 1.165) is 42.5 Å². The molecular weight excluding hydrogens is 548 g/mol. The van der Waals surface area contributed by atoms with Crippen LogP contribution in [0.15, 0.2) is 42.6 Å². The molecule has 1 aliphatic rings. The van der Waals surface area contributed by atoms with Crippen molar-refractivity contribution in [3.8, 4) is 0 Å². The van der Waals surface area contributed by atoms with Gasteiger partial charge in [-0.3, -0.25) is 4.68 Å². The molecule has 4 nitrogen and oxygen atoms in total. The Morgan fingerprint density at radius 2 is 1.97 bits per heavy atom. The standard InChI is InChI=1S/C21H25F3N4.C2H6.HIS/c1-13(2)16(11-15(4)21(22,23)24)18-12-19-17(6-5-9-28(19)27-18)26-20-10-14(3)7-8-25-20;2*1-2/h7-8,10-13,17H,4-6,9H2,1-3H3,(H,25,26);1-2H3;2H/b16-11+;;. The average Bonchev–Trinajstić information content (AvgIpc) is 3.19. The predicted octanol–water partition coefficient (Wildman–Crippen LogP) is 7.98. The fourth-order valence-electron chi connectivity index (χ4n) is 3.37. The van der Waals surface area contributed by atoms with Crippen LogP contribution in [0.5, 0.6) is 0 Å². The van der Waals surface area contributed by atoms with Crippen LogP contribution in [0.3, 0.4) is 0 Å². The fraction of sp³-hybridized carbons (Fsp3) is 0.478. The number of hydrogen-bond donors (Lipinski definition) is 2. The Morgan fingerprint density at radius 1 is 1.31 bits per heavy atom. The highest BCUT2D eigenvalue weighted by molar-refractivity contribution is 14.2. The number of allylic oxidation sites excluding steroid dienone is 3. The molecule has 32 heavy (non-hydrogen) atoms. The summed E-state index contributed by atoms with van der Waals surface area (Å²) < 4.78 is 40.8. The van der Waals surface area contributed by atoms with Gasteiger partial charge < -0.3 is 5.32 Å². The molecule has 0 spiro atoms. The van der Waals surface area contributed by atoms with Crippen molar-refractivity contribution >= 4 is 42.4 Å². The lowest BCUT2D eigenvalue weighted by atomic mass is 9.96. The summed E-state index contributed by atoms with van der Waals surface area (Å²) in [6.07, 6.45) is 0.278. The number of halogens is 4. The van der Waals surface area contributed by atoms with E-state index in [1.807, 2.05) is 78.7 Å². The van der Waals surface area contributed by atoms with Gasteiger partial charge in [0.25, 0.3) is 0 Å². The lowest BCUT2D eigenvalue weighted by Crippen LogP contribution is -2.22. The highest BCUT2D eigenvalue weighted by Crippen LogP contribution is 2.34. The van der Waals surface area contributed by atoms with E-state index in [-0.39, 0.29) is 12.0 Å². The van der Waals surface area contributed by atoms with Gasteiger partial charge in [0.2, 0.25) is 0 Å². The SMILES string of the molecule is C=C(/C=C(/c1cc2n(n1)CCCC2Nc1cc(C)ccn1)C(C)C)C(F)(F)F.CC.SI. The molecule has 0 radical (unpaired) electrons. The Kier molecular flexibility index (Phi) is 11.8. The van der Waals surface area contributed by atoms with Crippen molar-refractivity contribution in [3.63, 3.8) is 0 Å². The van der Waals surface area contributed by atoms with Gasteiger partial charge in [-0.1, -0.05) is 34.3 Å². The molecule has 0 bridgehead atoms. The van der Waals surface area contributed by atoms with Crippen molar-refractivity contribution in [1.29, 1.82) is 0 Å². The number of nitrogens with one attached hydrogen (secondary N) is 1. The first-order valence-corrected chi connectivity index (χ1v) is 13.8. The van der Waals surface area contributed by atoms with E-state index < -0.39 is 11.7 Å². The Balaban J connectivity index is 0.00000121. The number of hydrogen-bond acceptors (Lipinski definition) is 4. The molecule has 0 amide bonds. The van der Waals surface area contributed by atoms with Gasteiger partial charge in [0.15, 0.2) is 0 Å². The van der Waals surface area contributed by atoms with E-state index in [2.05, 4.69) is 31.8 Å². The van der Waals surface area contributed by atoms with Crippen molar-refractivity contribution in [2.45, 2.75) is 66.2 Å². The van der Waals surface area contributed by atoms with Gasteiger partial charge in [0.1, 0.15) is 5.82 Å². The summed E-state index contributed by atoms with van der Waals surface area (Å²) >= 11 is 1.84. The van der Waals surface area contributed by atoms with Gasteiger partial charge in [-0.25, -0.2) is 4.98 Å². The molecule has 0 fully saturated rings. The summed E-state index contributed by atoms with van der Waals surface area (Å²) in [6.45, 7) is 13.7. The van der Waals surface area contributed by atoms with Crippen LogP contribution in [0.1, 0.15) is 63.5 Å². The second-order valence-corrected chi connectivity index (χ2v) is 7.51. The van der Waals surface area contributed by atoms with Crippen LogP contribution < -0.4 is 5.32 Å². The normalized spacial score (nSPS) is 15.7. The van der Waals surface area contributed by atoms with Crippen LogP contribution in [0.25, 0.3) is 5.57 Å². The summed E-state index contributed by atoms with van der Waals surface area (Å²) in [4.78, 5) is 4.35. The number of fused-ring (bicyclic) bond motifs is 1. The molecule has 0 saturated carbocycles. The third-order valence-corrected chi connectivity index (χ3v) is 4.88. The predicted molar refractivity (Wildman–Crippen MR) is 139 cm³/mol. The summed E-state index contributed by atoms with van der Waals surface area (Å²) in [7, 11) is 3.50. The lowest BCUT2D eigenvalue weighted by Gasteiger charge is -2.25. The van der Waals surface area contributed by atoms with Gasteiger partial charge >= 0.3 is 6.18 Å². The van der Waals surface area contributed by atoms with E-state index in [4.69, 9.17) is 0 Å². The second kappa shape index (κ2) is 13.3. The molecule has 178 valence electrons. The molecule has 2 aromatic heterocycles. The molecule has 9 heteroatoms. The molecular formula is C23H32F3IN4S. The molecule has 1 N–H and O–H groups in total. The first-order valence-electron chi connectivity index (χ1n) is 10.6. The van der Waals surface area contributed by atoms with Crippen LogP contribution in [0.4, 0.5) is 19.0 Å². The Bertz CT molecular complexity index is 907. The molecule has 1 atom stereocenters. The number of anilines is 1. The number of aromatic nitrogens is 3. The largest absolute Gasteiger partial charge is 0.415 e. The van der Waals surface area contributed by atoms with Crippen molar-refractivity contribution in [2.24, 2.45) is 5.92 Å². The zero-order valence-corrected chi connectivity index (χ0v) is 22.2. The molecule has 0 aliphatic carbocycles. The first-order chi connectivity index (χ1) is 15.1. The molecule has 3 rings (SSSR count). The van der Waals surface area contributed by atoms with Crippen LogP contribution in [0, 0.1) is 12.8 Å². The van der Waals surface area contributed by atoms with E-state index in [1.54, 1.807) is 6.20 Å². The van der Waals surface area contributed by atoms with Gasteiger partial charge in [-0.2, -0.15) is 18.3 Å². The van der Waals surface area contributed by atoms with Crippen molar-refractivity contribution in [2.75, 3.05) is 5.32 Å². The summed E-state index contributed by atoms with van der Waals surface area (Å²) in [6, 6.07) is 5.82.